The molecule has 0 spiro atoms. The van der Waals surface area contributed by atoms with Crippen molar-refractivity contribution in [2.75, 3.05) is 12.4 Å². The number of rotatable bonds is 4. The monoisotopic (exact) mass is 388 g/mol. The van der Waals surface area contributed by atoms with Crippen LogP contribution in [0.15, 0.2) is 42.5 Å². The molecule has 3 rings (SSSR count). The molecule has 1 aromatic heterocycles. The maximum Gasteiger partial charge on any atom is 0.340 e. The summed E-state index contributed by atoms with van der Waals surface area (Å²) in [5.74, 6) is -2.17. The van der Waals surface area contributed by atoms with Crippen molar-refractivity contribution in [3.63, 3.8) is 0 Å². The molecule has 0 saturated heterocycles. The lowest BCUT2D eigenvalue weighted by Gasteiger charge is -2.06. The quantitative estimate of drug-likeness (QED) is 0.692. The van der Waals surface area contributed by atoms with E-state index < -0.39 is 17.7 Å². The van der Waals surface area contributed by atoms with E-state index in [0.717, 1.165) is 13.2 Å². The third kappa shape index (κ3) is 3.95. The Morgan fingerprint density at radius 1 is 1.19 bits per heavy atom. The molecule has 1 heterocycles. The fourth-order valence-electron chi connectivity index (χ4n) is 2.36. The Morgan fingerprint density at radius 3 is 2.63 bits per heavy atom. The average Bonchev–Trinajstić information content (AvgIpc) is 3.03. The van der Waals surface area contributed by atoms with E-state index in [-0.39, 0.29) is 16.9 Å². The molecule has 0 aliphatic carbocycles. The number of ether oxygens (including phenoxy) is 1. The van der Waals surface area contributed by atoms with E-state index in [4.69, 9.17) is 11.6 Å². The topological polar surface area (TPSA) is 86.1 Å². The molecule has 0 unspecified atom stereocenters. The molecule has 2 aromatic carbocycles. The second kappa shape index (κ2) is 7.55. The molecule has 7 nitrogen and oxygen atoms in total. The van der Waals surface area contributed by atoms with Crippen LogP contribution in [0.3, 0.4) is 0 Å². The van der Waals surface area contributed by atoms with Crippen LogP contribution in [-0.4, -0.2) is 34.0 Å². The van der Waals surface area contributed by atoms with Crippen molar-refractivity contribution in [1.29, 1.82) is 0 Å². The summed E-state index contributed by atoms with van der Waals surface area (Å²) in [7, 11) is 1.16. The maximum atomic E-state index is 14.0. The summed E-state index contributed by atoms with van der Waals surface area (Å²) in [6.07, 6.45) is 0. The van der Waals surface area contributed by atoms with Gasteiger partial charge in [0.15, 0.2) is 5.69 Å². The average molecular weight is 389 g/mol. The fourth-order valence-corrected chi connectivity index (χ4v) is 2.55. The zero-order valence-corrected chi connectivity index (χ0v) is 15.1. The van der Waals surface area contributed by atoms with Crippen molar-refractivity contribution in [3.05, 3.63) is 70.3 Å². The van der Waals surface area contributed by atoms with Gasteiger partial charge in [-0.05, 0) is 43.3 Å². The number of hydrogen-bond donors (Lipinski definition) is 1. The van der Waals surface area contributed by atoms with Gasteiger partial charge in [-0.1, -0.05) is 17.7 Å². The number of anilines is 1. The third-order valence-corrected chi connectivity index (χ3v) is 3.90. The van der Waals surface area contributed by atoms with Gasteiger partial charge in [-0.3, -0.25) is 4.79 Å². The van der Waals surface area contributed by atoms with Gasteiger partial charge in [0, 0.05) is 10.7 Å². The van der Waals surface area contributed by atoms with Gasteiger partial charge in [0.2, 0.25) is 0 Å². The van der Waals surface area contributed by atoms with Crippen LogP contribution < -0.4 is 5.32 Å². The van der Waals surface area contributed by atoms with Gasteiger partial charge in [-0.2, -0.15) is 9.90 Å². The predicted molar refractivity (Wildman–Crippen MR) is 96.8 cm³/mol. The van der Waals surface area contributed by atoms with Gasteiger partial charge in [-0.15, -0.1) is 5.10 Å². The van der Waals surface area contributed by atoms with Crippen molar-refractivity contribution in [2.24, 2.45) is 0 Å². The molecule has 1 N–H and O–H groups in total. The SMILES string of the molecule is COC(=O)c1ccc(NC(=O)c2nn(-c3cccc(Cl)c3)nc2C)cc1F. The highest BCUT2D eigenvalue weighted by Gasteiger charge is 2.18. The van der Waals surface area contributed by atoms with Gasteiger partial charge in [-0.25, -0.2) is 9.18 Å². The summed E-state index contributed by atoms with van der Waals surface area (Å²) in [5.41, 5.74) is 1.00. The van der Waals surface area contributed by atoms with Gasteiger partial charge in [0.25, 0.3) is 5.91 Å². The fraction of sp³-hybridized carbons (Fsp3) is 0.111. The Kier molecular flexibility index (Phi) is 5.18. The first-order valence-electron chi connectivity index (χ1n) is 7.78. The van der Waals surface area contributed by atoms with Crippen LogP contribution in [0.1, 0.15) is 26.5 Å². The van der Waals surface area contributed by atoms with Crippen LogP contribution in [0, 0.1) is 12.7 Å². The molecule has 27 heavy (non-hydrogen) atoms. The number of nitrogens with zero attached hydrogens (tertiary/aromatic N) is 3. The molecule has 3 aromatic rings. The van der Waals surface area contributed by atoms with Crippen molar-refractivity contribution >= 4 is 29.2 Å². The lowest BCUT2D eigenvalue weighted by atomic mass is 10.2. The van der Waals surface area contributed by atoms with E-state index in [1.54, 1.807) is 31.2 Å². The van der Waals surface area contributed by atoms with Gasteiger partial charge < -0.3 is 10.1 Å². The molecule has 0 aliphatic heterocycles. The zero-order chi connectivity index (χ0) is 19.6. The summed E-state index contributed by atoms with van der Waals surface area (Å²) < 4.78 is 18.5. The Labute approximate surface area is 158 Å². The number of esters is 1. The van der Waals surface area contributed by atoms with Crippen LogP contribution in [-0.2, 0) is 4.74 Å². The number of carbonyl (C=O) groups is 2. The number of methoxy groups -OCH3 is 1. The Morgan fingerprint density at radius 2 is 1.96 bits per heavy atom. The van der Waals surface area contributed by atoms with E-state index >= 15 is 0 Å². The van der Waals surface area contributed by atoms with Gasteiger partial charge in [0.1, 0.15) is 5.82 Å². The molecule has 0 fully saturated rings. The van der Waals surface area contributed by atoms with Gasteiger partial charge >= 0.3 is 5.97 Å². The first-order chi connectivity index (χ1) is 12.9. The predicted octanol–water partition coefficient (Wildman–Crippen LogP) is 3.41. The Hall–Kier alpha value is -3.26. The number of aryl methyl sites for hydroxylation is 1. The maximum absolute atomic E-state index is 14.0. The number of amides is 1. The van der Waals surface area contributed by atoms with Crippen molar-refractivity contribution in [3.8, 4) is 5.69 Å². The molecule has 138 valence electrons. The highest BCUT2D eigenvalue weighted by atomic mass is 35.5. The van der Waals surface area contributed by atoms with E-state index in [1.165, 1.54) is 16.9 Å². The van der Waals surface area contributed by atoms with Crippen molar-refractivity contribution in [2.45, 2.75) is 6.92 Å². The van der Waals surface area contributed by atoms with Crippen molar-refractivity contribution < 1.29 is 18.7 Å². The van der Waals surface area contributed by atoms with Crippen LogP contribution in [0.4, 0.5) is 10.1 Å². The smallest absolute Gasteiger partial charge is 0.340 e. The summed E-state index contributed by atoms with van der Waals surface area (Å²) in [6, 6.07) is 10.5. The largest absolute Gasteiger partial charge is 0.465 e. The molecular weight excluding hydrogens is 375 g/mol. The molecule has 0 atom stereocenters. The zero-order valence-electron chi connectivity index (χ0n) is 14.4. The van der Waals surface area contributed by atoms with Crippen LogP contribution in [0.2, 0.25) is 5.02 Å². The van der Waals surface area contributed by atoms with E-state index in [0.29, 0.717) is 16.4 Å². The number of nitrogens with one attached hydrogen (secondary N) is 1. The summed E-state index contributed by atoms with van der Waals surface area (Å²) in [4.78, 5) is 25.2. The second-order valence-electron chi connectivity index (χ2n) is 5.54. The Bertz CT molecular complexity index is 1040. The van der Waals surface area contributed by atoms with E-state index in [9.17, 15) is 14.0 Å². The number of carbonyl (C=O) groups excluding carboxylic acids is 2. The van der Waals surface area contributed by atoms with E-state index in [1.807, 2.05) is 0 Å². The molecule has 0 bridgehead atoms. The first-order valence-corrected chi connectivity index (χ1v) is 8.16. The summed E-state index contributed by atoms with van der Waals surface area (Å²) in [5, 5.41) is 11.4. The van der Waals surface area contributed by atoms with Crippen LogP contribution in [0.25, 0.3) is 5.69 Å². The molecular formula is C18H14ClFN4O3. The number of halogens is 2. The molecule has 0 aliphatic rings. The highest BCUT2D eigenvalue weighted by molar-refractivity contribution is 6.30. The molecule has 1 amide bonds. The molecule has 9 heteroatoms. The van der Waals surface area contributed by atoms with Crippen molar-refractivity contribution in [1.82, 2.24) is 15.0 Å². The van der Waals surface area contributed by atoms with E-state index in [2.05, 4.69) is 20.3 Å². The highest BCUT2D eigenvalue weighted by Crippen LogP contribution is 2.18. The molecule has 0 radical (unpaired) electrons. The lowest BCUT2D eigenvalue weighted by molar-refractivity contribution is 0.0595. The lowest BCUT2D eigenvalue weighted by Crippen LogP contribution is -2.15. The number of hydrogen-bond acceptors (Lipinski definition) is 5. The normalized spacial score (nSPS) is 10.5. The summed E-state index contributed by atoms with van der Waals surface area (Å²) in [6.45, 7) is 1.63. The minimum absolute atomic E-state index is 0.0763. The molecule has 0 saturated carbocycles. The van der Waals surface area contributed by atoms with Crippen LogP contribution >= 0.6 is 11.6 Å². The number of benzene rings is 2. The van der Waals surface area contributed by atoms with Gasteiger partial charge in [0.05, 0.1) is 24.1 Å². The first kappa shape index (κ1) is 18.5. The summed E-state index contributed by atoms with van der Waals surface area (Å²) >= 11 is 5.95. The standard InChI is InChI=1S/C18H14ClFN4O3/c1-10-16(23-24(22-10)13-5-3-4-11(19)8-13)17(25)21-12-6-7-14(15(20)9-12)18(26)27-2/h3-9H,1-2H3,(H,21,25). The second-order valence-corrected chi connectivity index (χ2v) is 5.98. The minimum atomic E-state index is -0.807. The minimum Gasteiger partial charge on any atom is -0.465 e. The number of aromatic nitrogens is 3. The Balaban J connectivity index is 1.83. The van der Waals surface area contributed by atoms with Crippen LogP contribution in [0.5, 0.6) is 0 Å². The third-order valence-electron chi connectivity index (χ3n) is 3.67.